The molecule has 2 saturated carbocycles. The second-order valence-corrected chi connectivity index (χ2v) is 12.6. The minimum absolute atomic E-state index is 0.124. The van der Waals surface area contributed by atoms with Gasteiger partial charge in [0.2, 0.25) is 0 Å². The second-order valence-electron chi connectivity index (χ2n) is 12.6. The van der Waals surface area contributed by atoms with Crippen molar-refractivity contribution in [1.82, 2.24) is 0 Å². The lowest BCUT2D eigenvalue weighted by Gasteiger charge is -2.37. The van der Waals surface area contributed by atoms with Crippen molar-refractivity contribution in [3.8, 4) is 33.4 Å². The van der Waals surface area contributed by atoms with Gasteiger partial charge in [-0.3, -0.25) is 0 Å². The minimum atomic E-state index is 0.124. The summed E-state index contributed by atoms with van der Waals surface area (Å²) >= 11 is 0. The van der Waals surface area contributed by atoms with Gasteiger partial charge < -0.3 is 0 Å². The fourth-order valence-corrected chi connectivity index (χ4v) is 8.88. The Balaban J connectivity index is 1.38. The Morgan fingerprint density at radius 3 is 2.21 bits per heavy atom. The van der Waals surface area contributed by atoms with E-state index in [2.05, 4.69) is 118 Å². The zero-order valence-electron chi connectivity index (χ0n) is 23.1. The van der Waals surface area contributed by atoms with E-state index in [1.54, 1.807) is 11.1 Å². The topological polar surface area (TPSA) is 0 Å². The molecule has 5 aromatic rings. The Kier molecular flexibility index (Phi) is 5.21. The molecule has 4 atom stereocenters. The molecule has 5 aromatic carbocycles. The summed E-state index contributed by atoms with van der Waals surface area (Å²) in [5.74, 6) is 2.44. The molecule has 0 nitrogen and oxygen atoms in total. The van der Waals surface area contributed by atoms with Crippen LogP contribution in [-0.2, 0) is 5.41 Å². The fourth-order valence-electron chi connectivity index (χ4n) is 8.88. The molecule has 0 amide bonds. The van der Waals surface area contributed by atoms with Crippen molar-refractivity contribution in [3.63, 3.8) is 0 Å². The van der Waals surface area contributed by atoms with Crippen LogP contribution in [0.4, 0.5) is 0 Å². The predicted molar refractivity (Wildman–Crippen MR) is 168 cm³/mol. The van der Waals surface area contributed by atoms with Crippen molar-refractivity contribution in [3.05, 3.63) is 114 Å². The molecular formula is C38H35B. The molecule has 1 spiro atoms. The quantitative estimate of drug-likeness (QED) is 0.217. The van der Waals surface area contributed by atoms with Crippen LogP contribution in [0, 0.1) is 17.8 Å². The van der Waals surface area contributed by atoms with Crippen LogP contribution in [0.3, 0.4) is 0 Å². The SMILES string of the molecule is Bc1cccc(-c2cccc(-c3cccc4c3C3(CC5CC(CC)C[C@@H]3C5)c3cc5ccccc5cc3-4)c2)c1. The van der Waals surface area contributed by atoms with Gasteiger partial charge in [0, 0.05) is 5.41 Å². The summed E-state index contributed by atoms with van der Waals surface area (Å²) in [5.41, 5.74) is 13.1. The molecule has 0 aromatic heterocycles. The third kappa shape index (κ3) is 3.45. The highest BCUT2D eigenvalue weighted by Crippen LogP contribution is 2.67. The number of rotatable bonds is 3. The van der Waals surface area contributed by atoms with Crippen LogP contribution in [0.1, 0.15) is 50.2 Å². The number of hydrogen-bond acceptors (Lipinski definition) is 0. The smallest absolute Gasteiger partial charge is 0.0884 e. The van der Waals surface area contributed by atoms with Crippen molar-refractivity contribution < 1.29 is 0 Å². The van der Waals surface area contributed by atoms with Gasteiger partial charge in [-0.05, 0) is 117 Å². The van der Waals surface area contributed by atoms with Crippen LogP contribution < -0.4 is 5.46 Å². The van der Waals surface area contributed by atoms with Crippen LogP contribution in [0.25, 0.3) is 44.2 Å². The molecule has 39 heavy (non-hydrogen) atoms. The molecule has 3 aliphatic carbocycles. The lowest BCUT2D eigenvalue weighted by Crippen LogP contribution is -2.31. The Morgan fingerprint density at radius 1 is 0.667 bits per heavy atom. The second kappa shape index (κ2) is 8.72. The van der Waals surface area contributed by atoms with Crippen LogP contribution in [-0.4, -0.2) is 7.85 Å². The van der Waals surface area contributed by atoms with E-state index in [0.717, 1.165) is 17.8 Å². The summed E-state index contributed by atoms with van der Waals surface area (Å²) in [6.45, 7) is 2.41. The van der Waals surface area contributed by atoms with Gasteiger partial charge in [0.25, 0.3) is 0 Å². The van der Waals surface area contributed by atoms with Crippen molar-refractivity contribution in [2.45, 2.75) is 44.4 Å². The highest BCUT2D eigenvalue weighted by molar-refractivity contribution is 6.32. The maximum atomic E-state index is 2.58. The third-order valence-corrected chi connectivity index (χ3v) is 10.5. The largest absolute Gasteiger partial charge is 0.139 e. The lowest BCUT2D eigenvalue weighted by atomic mass is 9.66. The van der Waals surface area contributed by atoms with Gasteiger partial charge in [-0.1, -0.05) is 104 Å². The summed E-state index contributed by atoms with van der Waals surface area (Å²) in [6, 6.07) is 39.4. The van der Waals surface area contributed by atoms with Gasteiger partial charge in [-0.2, -0.15) is 0 Å². The van der Waals surface area contributed by atoms with Crippen LogP contribution in [0.5, 0.6) is 0 Å². The highest BCUT2D eigenvalue weighted by atomic mass is 14.6. The Hall–Kier alpha value is -3.58. The molecule has 0 heterocycles. The van der Waals surface area contributed by atoms with Crippen molar-refractivity contribution in [2.24, 2.45) is 17.8 Å². The van der Waals surface area contributed by atoms with E-state index in [4.69, 9.17) is 0 Å². The van der Waals surface area contributed by atoms with E-state index in [9.17, 15) is 0 Å². The van der Waals surface area contributed by atoms with E-state index in [-0.39, 0.29) is 5.41 Å². The fraction of sp³-hybridized carbons (Fsp3) is 0.263. The van der Waals surface area contributed by atoms with Crippen LogP contribution in [0.15, 0.2) is 103 Å². The lowest BCUT2D eigenvalue weighted by molar-refractivity contribution is 0.237. The first-order chi connectivity index (χ1) is 19.1. The summed E-state index contributed by atoms with van der Waals surface area (Å²) < 4.78 is 0. The van der Waals surface area contributed by atoms with Gasteiger partial charge in [-0.25, -0.2) is 0 Å². The minimum Gasteiger partial charge on any atom is -0.0884 e. The molecule has 0 saturated heterocycles. The first kappa shape index (κ1) is 23.3. The molecule has 0 aliphatic heterocycles. The average molecular weight is 503 g/mol. The molecule has 0 radical (unpaired) electrons. The molecular weight excluding hydrogens is 467 g/mol. The van der Waals surface area contributed by atoms with Crippen LogP contribution >= 0.6 is 0 Å². The van der Waals surface area contributed by atoms with Gasteiger partial charge in [0.1, 0.15) is 7.85 Å². The van der Waals surface area contributed by atoms with Gasteiger partial charge >= 0.3 is 0 Å². The monoisotopic (exact) mass is 502 g/mol. The summed E-state index contributed by atoms with van der Waals surface area (Å²) in [5, 5.41) is 2.75. The Labute approximate surface area is 233 Å². The molecule has 0 N–H and O–H groups in total. The van der Waals surface area contributed by atoms with Gasteiger partial charge in [0.15, 0.2) is 0 Å². The zero-order chi connectivity index (χ0) is 26.1. The Bertz CT molecular complexity index is 1750. The standard InChI is InChI=1S/C38H35B/c1-2-24-16-25-18-31(17-24)38(23-25)36-22-29-9-4-3-8-28(29)21-35(36)34-15-7-14-33(37(34)38)30-12-5-10-26(19-30)27-11-6-13-32(39)20-27/h3-15,19-22,24-25,31H,2,16-18,23,39H2,1H3/t24?,25?,31-,38?/m1/s1. The van der Waals surface area contributed by atoms with E-state index in [0.29, 0.717) is 0 Å². The first-order valence-electron chi connectivity index (χ1n) is 15.0. The molecule has 8 rings (SSSR count). The van der Waals surface area contributed by atoms with Gasteiger partial charge in [0.05, 0.1) is 0 Å². The van der Waals surface area contributed by atoms with E-state index < -0.39 is 0 Å². The molecule has 190 valence electrons. The highest BCUT2D eigenvalue weighted by Gasteiger charge is 2.57. The Morgan fingerprint density at radius 2 is 1.38 bits per heavy atom. The molecule has 3 aliphatic rings. The number of fused-ring (bicyclic) bond motifs is 9. The van der Waals surface area contributed by atoms with E-state index >= 15 is 0 Å². The first-order valence-corrected chi connectivity index (χ1v) is 15.0. The maximum absolute atomic E-state index is 2.58. The summed E-state index contributed by atoms with van der Waals surface area (Å²) in [6.07, 6.45) is 6.80. The predicted octanol–water partition coefficient (Wildman–Crippen LogP) is 8.54. The molecule has 2 fully saturated rings. The number of benzene rings is 5. The van der Waals surface area contributed by atoms with Crippen molar-refractivity contribution in [1.29, 1.82) is 0 Å². The molecule has 1 heteroatoms. The summed E-state index contributed by atoms with van der Waals surface area (Å²) in [4.78, 5) is 0. The van der Waals surface area contributed by atoms with Crippen molar-refractivity contribution in [2.75, 3.05) is 0 Å². The molecule has 3 unspecified atom stereocenters. The zero-order valence-corrected chi connectivity index (χ0v) is 23.1. The maximum Gasteiger partial charge on any atom is 0.139 e. The molecule has 2 bridgehead atoms. The van der Waals surface area contributed by atoms with Crippen molar-refractivity contribution >= 4 is 24.1 Å². The van der Waals surface area contributed by atoms with Crippen LogP contribution in [0.2, 0.25) is 0 Å². The van der Waals surface area contributed by atoms with E-state index in [1.807, 2.05) is 0 Å². The summed E-state index contributed by atoms with van der Waals surface area (Å²) in [7, 11) is 2.18. The average Bonchev–Trinajstić information content (AvgIpc) is 3.41. The number of hydrogen-bond donors (Lipinski definition) is 0. The normalized spacial score (nSPS) is 24.7. The third-order valence-electron chi connectivity index (χ3n) is 10.5. The van der Waals surface area contributed by atoms with E-state index in [1.165, 1.54) is 81.7 Å². The van der Waals surface area contributed by atoms with Gasteiger partial charge in [-0.15, -0.1) is 0 Å².